The summed E-state index contributed by atoms with van der Waals surface area (Å²) < 4.78 is 66.9. The number of aromatic nitrogens is 2. The number of halogens is 4. The van der Waals surface area contributed by atoms with Gasteiger partial charge in [-0.3, -0.25) is 19.2 Å². The Morgan fingerprint density at radius 2 is 1.64 bits per heavy atom. The molecule has 10 nitrogen and oxygen atoms in total. The molecule has 1 aromatic heterocycles. The lowest BCUT2D eigenvalue weighted by molar-refractivity contribution is -0.156. The average Bonchev–Trinajstić information content (AvgIpc) is 3.30. The first-order chi connectivity index (χ1) is 20.7. The monoisotopic (exact) mass is 620 g/mol. The minimum absolute atomic E-state index is 0.0117. The molecule has 1 aliphatic heterocycles. The Morgan fingerprint density at radius 1 is 1.02 bits per heavy atom. The number of nitrogens with one attached hydrogen (secondary N) is 1. The summed E-state index contributed by atoms with van der Waals surface area (Å²) in [7, 11) is 1.74. The minimum Gasteiger partial charge on any atom is -0.479 e. The van der Waals surface area contributed by atoms with E-state index in [0.29, 0.717) is 5.52 Å². The normalized spacial score (nSPS) is 14.8. The summed E-state index contributed by atoms with van der Waals surface area (Å²) in [6, 6.07) is 5.75. The largest absolute Gasteiger partial charge is 0.479 e. The summed E-state index contributed by atoms with van der Waals surface area (Å²) in [5.41, 5.74) is 0.544. The summed E-state index contributed by atoms with van der Waals surface area (Å²) >= 11 is 0. The van der Waals surface area contributed by atoms with Gasteiger partial charge in [0.25, 0.3) is 5.91 Å². The summed E-state index contributed by atoms with van der Waals surface area (Å²) in [6.07, 6.45) is -0.160. The molecule has 0 spiro atoms. The Balaban J connectivity index is 1.42. The van der Waals surface area contributed by atoms with Crippen LogP contribution < -0.4 is 10.1 Å². The van der Waals surface area contributed by atoms with Crippen molar-refractivity contribution in [2.45, 2.75) is 51.7 Å². The predicted molar refractivity (Wildman–Crippen MR) is 149 cm³/mol. The highest BCUT2D eigenvalue weighted by Crippen LogP contribution is 2.27. The van der Waals surface area contributed by atoms with E-state index in [1.54, 1.807) is 43.4 Å². The molecule has 1 atom stereocenters. The van der Waals surface area contributed by atoms with Crippen LogP contribution in [0.3, 0.4) is 0 Å². The Kier molecular flexibility index (Phi) is 9.59. The van der Waals surface area contributed by atoms with Gasteiger partial charge in [-0.15, -0.1) is 0 Å². The number of piperidine rings is 1. The molecule has 0 bridgehead atoms. The summed E-state index contributed by atoms with van der Waals surface area (Å²) in [6.45, 7) is 4.10. The number of aryl methyl sites for hydroxylation is 1. The van der Waals surface area contributed by atoms with Crippen LogP contribution in [0.4, 0.5) is 17.6 Å². The second-order valence-electron chi connectivity index (χ2n) is 11.5. The summed E-state index contributed by atoms with van der Waals surface area (Å²) in [5.74, 6) is -11.7. The molecule has 2 heterocycles. The van der Waals surface area contributed by atoms with E-state index in [1.807, 2.05) is 18.2 Å². The molecule has 2 aromatic carbocycles. The molecule has 1 aliphatic rings. The highest BCUT2D eigenvalue weighted by atomic mass is 19.2. The molecule has 1 saturated heterocycles. The number of fused-ring (bicyclic) bond motifs is 1. The van der Waals surface area contributed by atoms with Crippen LogP contribution in [-0.4, -0.2) is 69.4 Å². The lowest BCUT2D eigenvalue weighted by Crippen LogP contribution is -2.49. The van der Waals surface area contributed by atoms with E-state index in [4.69, 9.17) is 9.47 Å². The third-order valence-corrected chi connectivity index (χ3v) is 7.06. The zero-order chi connectivity index (χ0) is 32.3. The van der Waals surface area contributed by atoms with Crippen LogP contribution in [-0.2, 0) is 26.2 Å². The van der Waals surface area contributed by atoms with E-state index in [1.165, 1.54) is 0 Å². The number of likely N-dealkylation sites (tertiary alicyclic amines) is 1. The fourth-order valence-electron chi connectivity index (χ4n) is 4.83. The van der Waals surface area contributed by atoms with Gasteiger partial charge in [-0.25, -0.2) is 13.8 Å². The number of ketones is 1. The lowest BCUT2D eigenvalue weighted by Gasteiger charge is -2.32. The van der Waals surface area contributed by atoms with Gasteiger partial charge in [0, 0.05) is 32.1 Å². The maximum Gasteiger partial charge on any atom is 0.308 e. The first-order valence-corrected chi connectivity index (χ1v) is 13.9. The highest BCUT2D eigenvalue weighted by molar-refractivity contribution is 5.95. The van der Waals surface area contributed by atoms with Gasteiger partial charge < -0.3 is 24.3 Å². The summed E-state index contributed by atoms with van der Waals surface area (Å²) in [5, 5.41) is 2.47. The molecule has 14 heteroatoms. The molecule has 4 rings (SSSR count). The van der Waals surface area contributed by atoms with E-state index in [9.17, 15) is 36.7 Å². The number of rotatable bonds is 9. The van der Waals surface area contributed by atoms with Crippen molar-refractivity contribution in [3.8, 4) is 5.75 Å². The number of amides is 2. The van der Waals surface area contributed by atoms with E-state index in [0.717, 1.165) is 5.52 Å². The third kappa shape index (κ3) is 7.34. The molecule has 0 unspecified atom stereocenters. The molecule has 236 valence electrons. The molecule has 44 heavy (non-hydrogen) atoms. The van der Waals surface area contributed by atoms with Crippen molar-refractivity contribution in [1.82, 2.24) is 19.8 Å². The van der Waals surface area contributed by atoms with Crippen LogP contribution in [0.2, 0.25) is 0 Å². The van der Waals surface area contributed by atoms with Gasteiger partial charge in [0.2, 0.25) is 17.5 Å². The van der Waals surface area contributed by atoms with E-state index >= 15 is 0 Å². The number of imidazole rings is 1. The van der Waals surface area contributed by atoms with Crippen molar-refractivity contribution in [2.75, 3.05) is 19.7 Å². The van der Waals surface area contributed by atoms with Gasteiger partial charge in [0.05, 0.1) is 17.5 Å². The van der Waals surface area contributed by atoms with Crippen molar-refractivity contribution >= 4 is 34.6 Å². The van der Waals surface area contributed by atoms with Gasteiger partial charge >= 0.3 is 5.97 Å². The fourth-order valence-corrected chi connectivity index (χ4v) is 4.83. The van der Waals surface area contributed by atoms with Crippen molar-refractivity contribution in [3.05, 3.63) is 59.4 Å². The van der Waals surface area contributed by atoms with E-state index in [-0.39, 0.29) is 43.7 Å². The molecular weight excluding hydrogens is 588 g/mol. The predicted octanol–water partition coefficient (Wildman–Crippen LogP) is 3.85. The van der Waals surface area contributed by atoms with Crippen molar-refractivity contribution < 1.29 is 46.2 Å². The summed E-state index contributed by atoms with van der Waals surface area (Å²) in [4.78, 5) is 57.9. The first-order valence-electron chi connectivity index (χ1n) is 13.9. The number of carbonyl (C=O) groups excluding carboxylic acids is 4. The molecule has 0 saturated carbocycles. The maximum absolute atomic E-state index is 14.0. The van der Waals surface area contributed by atoms with Gasteiger partial charge in [-0.05, 0) is 45.7 Å². The molecule has 1 N–H and O–H groups in total. The average molecular weight is 621 g/mol. The molecule has 1 fully saturated rings. The van der Waals surface area contributed by atoms with Crippen molar-refractivity contribution in [2.24, 2.45) is 13.0 Å². The van der Waals surface area contributed by atoms with E-state index < -0.39 is 77.3 Å². The number of hydrogen-bond donors (Lipinski definition) is 1. The number of carbonyl (C=O) groups is 4. The smallest absolute Gasteiger partial charge is 0.308 e. The first kappa shape index (κ1) is 32.4. The van der Waals surface area contributed by atoms with Crippen LogP contribution in [0.1, 0.15) is 50.7 Å². The molecule has 0 aliphatic carbocycles. The van der Waals surface area contributed by atoms with Crippen LogP contribution in [0.15, 0.2) is 30.3 Å². The third-order valence-electron chi connectivity index (χ3n) is 7.06. The second-order valence-corrected chi connectivity index (χ2v) is 11.5. The van der Waals surface area contributed by atoms with Crippen molar-refractivity contribution in [3.63, 3.8) is 0 Å². The molecule has 3 aromatic rings. The van der Waals surface area contributed by atoms with Gasteiger partial charge in [-0.2, -0.15) is 8.78 Å². The Hall–Kier alpha value is -4.49. The number of para-hydroxylation sites is 2. The number of ether oxygens (including phenoxy) is 2. The molecule has 2 amide bonds. The molecular formula is C30H32F4N4O6. The van der Waals surface area contributed by atoms with Crippen LogP contribution >= 0.6 is 0 Å². The zero-order valence-electron chi connectivity index (χ0n) is 24.6. The standard InChI is InChI=1S/C30H32F4N4O6/c1-30(2,3)44-23(40)14-20(22(39)15-43-26-24(33)17(31)13-18(32)25(26)34)36-28(41)16-9-11-38(12-10-16)29(42)27-35-19-7-5-6-8-21(19)37(27)4/h5-8,13,16,20H,9-12,14-15H2,1-4H3,(H,36,41)/t20-/m0/s1. The van der Waals surface area contributed by atoms with E-state index in [2.05, 4.69) is 10.3 Å². The topological polar surface area (TPSA) is 120 Å². The fraction of sp³-hybridized carbons (Fsp3) is 0.433. The number of benzene rings is 2. The quantitative estimate of drug-likeness (QED) is 0.219. The van der Waals surface area contributed by atoms with Gasteiger partial charge in [0.1, 0.15) is 18.2 Å². The lowest BCUT2D eigenvalue weighted by atomic mass is 9.95. The number of esters is 1. The SMILES string of the molecule is Cn1c(C(=O)N2CCC(C(=O)N[C@@H](CC(=O)OC(C)(C)C)C(=O)COc3c(F)c(F)cc(F)c3F)CC2)nc2ccccc21. The highest BCUT2D eigenvalue weighted by Gasteiger charge is 2.34. The minimum atomic E-state index is -1.84. The Bertz CT molecular complexity index is 1570. The number of Topliss-reactive ketones (excluding diaryl/α,β-unsaturated/α-hetero) is 1. The number of hydrogen-bond acceptors (Lipinski definition) is 7. The Labute approximate surface area is 250 Å². The zero-order valence-corrected chi connectivity index (χ0v) is 24.6. The van der Waals surface area contributed by atoms with Crippen LogP contribution in [0, 0.1) is 29.2 Å². The van der Waals surface area contributed by atoms with Crippen LogP contribution in [0.5, 0.6) is 5.75 Å². The van der Waals surface area contributed by atoms with Gasteiger partial charge in [0.15, 0.2) is 29.0 Å². The van der Waals surface area contributed by atoms with Crippen LogP contribution in [0.25, 0.3) is 11.0 Å². The Morgan fingerprint density at radius 3 is 2.23 bits per heavy atom. The molecule has 0 radical (unpaired) electrons. The number of nitrogens with zero attached hydrogens (tertiary/aromatic N) is 3. The van der Waals surface area contributed by atoms with Crippen molar-refractivity contribution in [1.29, 1.82) is 0 Å². The maximum atomic E-state index is 14.0. The second kappa shape index (κ2) is 13.0. The van der Waals surface area contributed by atoms with Gasteiger partial charge in [-0.1, -0.05) is 12.1 Å².